The monoisotopic (exact) mass is 225 g/mol. The van der Waals surface area contributed by atoms with E-state index in [-0.39, 0.29) is 12.3 Å². The van der Waals surface area contributed by atoms with Crippen molar-refractivity contribution in [3.8, 4) is 0 Å². The zero-order valence-electron chi connectivity index (χ0n) is 9.23. The molecular weight excluding hydrogens is 210 g/mol. The van der Waals surface area contributed by atoms with E-state index in [1.54, 1.807) is 7.11 Å². The number of hydrogen-bond donors (Lipinski definition) is 1. The van der Waals surface area contributed by atoms with Crippen molar-refractivity contribution in [1.29, 1.82) is 0 Å². The summed E-state index contributed by atoms with van der Waals surface area (Å²) in [5.74, 6) is 0.928. The van der Waals surface area contributed by atoms with E-state index in [1.807, 2.05) is 0 Å². The highest BCUT2D eigenvalue weighted by molar-refractivity contribution is 5.67. The number of aromatic nitrogens is 1. The molecule has 0 amide bonds. The van der Waals surface area contributed by atoms with Crippen LogP contribution < -0.4 is 0 Å². The van der Waals surface area contributed by atoms with Gasteiger partial charge in [0.15, 0.2) is 0 Å². The number of fused-ring (bicyclic) bond motifs is 1. The van der Waals surface area contributed by atoms with E-state index in [0.717, 1.165) is 24.3 Å². The molecule has 0 saturated carbocycles. The molecule has 1 atom stereocenters. The third-order valence-electron chi connectivity index (χ3n) is 2.82. The molecule has 88 valence electrons. The van der Waals surface area contributed by atoms with E-state index < -0.39 is 5.97 Å². The standard InChI is InChI=1S/C11H15NO4/c1-15-6-10-12-8-4-7(5-11(13)14)2-3-9(8)16-10/h7H,2-6H2,1H3,(H,13,14). The molecule has 1 aromatic heterocycles. The average molecular weight is 225 g/mol. The van der Waals surface area contributed by atoms with Crippen LogP contribution in [0.4, 0.5) is 0 Å². The van der Waals surface area contributed by atoms with Crippen molar-refractivity contribution in [2.45, 2.75) is 32.3 Å². The molecule has 1 aliphatic carbocycles. The molecule has 1 heterocycles. The van der Waals surface area contributed by atoms with E-state index in [2.05, 4.69) is 4.98 Å². The summed E-state index contributed by atoms with van der Waals surface area (Å²) < 4.78 is 10.5. The number of carboxylic acids is 1. The highest BCUT2D eigenvalue weighted by atomic mass is 16.5. The quantitative estimate of drug-likeness (QED) is 0.838. The van der Waals surface area contributed by atoms with Crippen LogP contribution in [-0.2, 0) is 29.0 Å². The highest BCUT2D eigenvalue weighted by Crippen LogP contribution is 2.28. The van der Waals surface area contributed by atoms with Gasteiger partial charge in [0.1, 0.15) is 12.4 Å². The van der Waals surface area contributed by atoms with Gasteiger partial charge in [-0.15, -0.1) is 0 Å². The Balaban J connectivity index is 2.05. The maximum atomic E-state index is 10.6. The molecule has 2 rings (SSSR count). The fourth-order valence-corrected chi connectivity index (χ4v) is 2.11. The number of oxazole rings is 1. The lowest BCUT2D eigenvalue weighted by atomic mass is 9.88. The molecule has 0 saturated heterocycles. The molecular formula is C11H15NO4. The first kappa shape index (κ1) is 11.1. The minimum Gasteiger partial charge on any atom is -0.481 e. The number of ether oxygens (including phenoxy) is 1. The molecule has 0 aromatic carbocycles. The molecule has 1 aromatic rings. The first-order valence-corrected chi connectivity index (χ1v) is 5.37. The molecule has 0 spiro atoms. The summed E-state index contributed by atoms with van der Waals surface area (Å²) >= 11 is 0. The summed E-state index contributed by atoms with van der Waals surface area (Å²) in [6.07, 6.45) is 2.56. The second-order valence-electron chi connectivity index (χ2n) is 4.12. The maximum absolute atomic E-state index is 10.6. The Morgan fingerprint density at radius 3 is 3.19 bits per heavy atom. The van der Waals surface area contributed by atoms with Gasteiger partial charge in [-0.25, -0.2) is 4.98 Å². The van der Waals surface area contributed by atoms with Crippen molar-refractivity contribution < 1.29 is 19.1 Å². The Labute approximate surface area is 93.4 Å². The van der Waals surface area contributed by atoms with E-state index in [9.17, 15) is 4.79 Å². The number of aliphatic carboxylic acids is 1. The van der Waals surface area contributed by atoms with Gasteiger partial charge < -0.3 is 14.3 Å². The molecule has 0 fully saturated rings. The van der Waals surface area contributed by atoms with Gasteiger partial charge >= 0.3 is 5.97 Å². The van der Waals surface area contributed by atoms with Crippen molar-refractivity contribution in [3.63, 3.8) is 0 Å². The number of rotatable bonds is 4. The molecule has 1 unspecified atom stereocenters. The third-order valence-corrected chi connectivity index (χ3v) is 2.82. The molecule has 0 aliphatic heterocycles. The first-order valence-electron chi connectivity index (χ1n) is 5.37. The zero-order valence-corrected chi connectivity index (χ0v) is 9.23. The Bertz CT molecular complexity index is 385. The third kappa shape index (κ3) is 2.41. The summed E-state index contributed by atoms with van der Waals surface area (Å²) in [5, 5.41) is 8.74. The fourth-order valence-electron chi connectivity index (χ4n) is 2.11. The van der Waals surface area contributed by atoms with Gasteiger partial charge in [0.05, 0.1) is 5.69 Å². The zero-order chi connectivity index (χ0) is 11.5. The van der Waals surface area contributed by atoms with E-state index >= 15 is 0 Å². The molecule has 1 aliphatic rings. The summed E-state index contributed by atoms with van der Waals surface area (Å²) in [5.41, 5.74) is 0.907. The predicted octanol–water partition coefficient (Wildman–Crippen LogP) is 1.40. The van der Waals surface area contributed by atoms with Gasteiger partial charge in [-0.2, -0.15) is 0 Å². The van der Waals surface area contributed by atoms with Gasteiger partial charge in [-0.1, -0.05) is 0 Å². The maximum Gasteiger partial charge on any atom is 0.303 e. The van der Waals surface area contributed by atoms with Gasteiger partial charge in [0.2, 0.25) is 5.89 Å². The van der Waals surface area contributed by atoms with Gasteiger partial charge in [-0.05, 0) is 18.8 Å². The fraction of sp³-hybridized carbons (Fsp3) is 0.636. The van der Waals surface area contributed by atoms with Crippen molar-refractivity contribution in [2.75, 3.05) is 7.11 Å². The van der Waals surface area contributed by atoms with Crippen LogP contribution in [-0.4, -0.2) is 23.2 Å². The SMILES string of the molecule is COCc1nc2c(o1)CCC(CC(=O)O)C2. The second-order valence-corrected chi connectivity index (χ2v) is 4.12. The number of nitrogens with zero attached hydrogens (tertiary/aromatic N) is 1. The lowest BCUT2D eigenvalue weighted by Crippen LogP contribution is -2.16. The number of methoxy groups -OCH3 is 1. The van der Waals surface area contributed by atoms with Crippen LogP contribution >= 0.6 is 0 Å². The van der Waals surface area contributed by atoms with E-state index in [4.69, 9.17) is 14.3 Å². The van der Waals surface area contributed by atoms with Crippen LogP contribution in [0.15, 0.2) is 4.42 Å². The smallest absolute Gasteiger partial charge is 0.303 e. The van der Waals surface area contributed by atoms with E-state index in [0.29, 0.717) is 18.9 Å². The molecule has 16 heavy (non-hydrogen) atoms. The number of hydrogen-bond acceptors (Lipinski definition) is 4. The molecule has 0 radical (unpaired) electrons. The number of carboxylic acid groups (broad SMARTS) is 1. The van der Waals surface area contributed by atoms with Gasteiger partial charge in [0.25, 0.3) is 0 Å². The summed E-state index contributed by atoms with van der Waals surface area (Å²) in [4.78, 5) is 14.9. The van der Waals surface area contributed by atoms with E-state index in [1.165, 1.54) is 0 Å². The Kier molecular flexibility index (Phi) is 3.24. The van der Waals surface area contributed by atoms with Crippen molar-refractivity contribution in [1.82, 2.24) is 4.98 Å². The van der Waals surface area contributed by atoms with Crippen LogP contribution in [0, 0.1) is 5.92 Å². The van der Waals surface area contributed by atoms with Gasteiger partial charge in [0, 0.05) is 20.0 Å². The second kappa shape index (κ2) is 4.65. The Morgan fingerprint density at radius 1 is 1.69 bits per heavy atom. The first-order chi connectivity index (χ1) is 7.69. The summed E-state index contributed by atoms with van der Waals surface area (Å²) in [6, 6.07) is 0. The van der Waals surface area contributed by atoms with Crippen LogP contribution in [0.5, 0.6) is 0 Å². The minimum atomic E-state index is -0.742. The van der Waals surface area contributed by atoms with Gasteiger partial charge in [-0.3, -0.25) is 4.79 Å². The number of aryl methyl sites for hydroxylation is 1. The topological polar surface area (TPSA) is 72.6 Å². The van der Waals surface area contributed by atoms with Crippen LogP contribution in [0.3, 0.4) is 0 Å². The molecule has 0 bridgehead atoms. The van der Waals surface area contributed by atoms with Crippen LogP contribution in [0.1, 0.15) is 30.2 Å². The lowest BCUT2D eigenvalue weighted by molar-refractivity contribution is -0.138. The Morgan fingerprint density at radius 2 is 2.50 bits per heavy atom. The summed E-state index contributed by atoms with van der Waals surface area (Å²) in [6.45, 7) is 0.372. The average Bonchev–Trinajstić information content (AvgIpc) is 2.59. The highest BCUT2D eigenvalue weighted by Gasteiger charge is 2.25. The van der Waals surface area contributed by atoms with Crippen molar-refractivity contribution >= 4 is 5.97 Å². The predicted molar refractivity (Wildman–Crippen MR) is 55.0 cm³/mol. The van der Waals surface area contributed by atoms with Crippen LogP contribution in [0.25, 0.3) is 0 Å². The minimum absolute atomic E-state index is 0.186. The van der Waals surface area contributed by atoms with Crippen molar-refractivity contribution in [3.05, 3.63) is 17.3 Å². The van der Waals surface area contributed by atoms with Crippen LogP contribution in [0.2, 0.25) is 0 Å². The molecule has 5 heteroatoms. The molecule has 1 N–H and O–H groups in total. The summed E-state index contributed by atoms with van der Waals surface area (Å²) in [7, 11) is 1.59. The molecule has 5 nitrogen and oxygen atoms in total. The number of carbonyl (C=O) groups is 1. The normalized spacial score (nSPS) is 19.4. The Hall–Kier alpha value is -1.36. The van der Waals surface area contributed by atoms with Crippen molar-refractivity contribution in [2.24, 2.45) is 5.92 Å². The lowest BCUT2D eigenvalue weighted by Gasteiger charge is -2.17. The largest absolute Gasteiger partial charge is 0.481 e.